The van der Waals surface area contributed by atoms with E-state index < -0.39 is 0 Å². The van der Waals surface area contributed by atoms with E-state index >= 15 is 0 Å². The average Bonchev–Trinajstić information content (AvgIpc) is 2.90. The fraction of sp³-hybridized carbons (Fsp3) is 0.500. The number of hydrogen-bond donors (Lipinski definition) is 1. The maximum Gasteiger partial charge on any atom is 0.317 e. The third-order valence-electron chi connectivity index (χ3n) is 2.27. The molecule has 0 saturated heterocycles. The summed E-state index contributed by atoms with van der Waals surface area (Å²) >= 11 is 5.07. The SMILES string of the molecule is CN(Cc1ccc(Br)s1)C(=O)NC1CC1. The van der Waals surface area contributed by atoms with Crippen molar-refractivity contribution in [3.8, 4) is 0 Å². The topological polar surface area (TPSA) is 32.3 Å². The monoisotopic (exact) mass is 288 g/mol. The van der Waals surface area contributed by atoms with Crippen LogP contribution in [0.4, 0.5) is 4.79 Å². The van der Waals surface area contributed by atoms with Crippen molar-refractivity contribution in [1.29, 1.82) is 0 Å². The van der Waals surface area contributed by atoms with E-state index in [1.54, 1.807) is 16.2 Å². The summed E-state index contributed by atoms with van der Waals surface area (Å²) in [6.45, 7) is 0.675. The highest BCUT2D eigenvalue weighted by atomic mass is 79.9. The molecule has 5 heteroatoms. The van der Waals surface area contributed by atoms with Crippen molar-refractivity contribution in [1.82, 2.24) is 10.2 Å². The van der Waals surface area contributed by atoms with E-state index in [4.69, 9.17) is 0 Å². The molecule has 1 aliphatic rings. The van der Waals surface area contributed by atoms with E-state index in [0.717, 1.165) is 16.6 Å². The molecule has 3 nitrogen and oxygen atoms in total. The lowest BCUT2D eigenvalue weighted by Gasteiger charge is -2.16. The third kappa shape index (κ3) is 3.21. The van der Waals surface area contributed by atoms with Gasteiger partial charge in [-0.05, 0) is 40.9 Å². The molecule has 1 aliphatic carbocycles. The molecule has 0 aliphatic heterocycles. The zero-order chi connectivity index (χ0) is 10.8. The summed E-state index contributed by atoms with van der Waals surface area (Å²) in [6, 6.07) is 4.50. The van der Waals surface area contributed by atoms with Crippen molar-refractivity contribution in [2.75, 3.05) is 7.05 Å². The molecule has 1 aromatic heterocycles. The number of thiophene rings is 1. The number of urea groups is 1. The summed E-state index contributed by atoms with van der Waals surface area (Å²) < 4.78 is 1.11. The summed E-state index contributed by atoms with van der Waals surface area (Å²) in [5.74, 6) is 0. The van der Waals surface area contributed by atoms with Crippen LogP contribution >= 0.6 is 27.3 Å². The maximum absolute atomic E-state index is 11.6. The number of halogens is 1. The zero-order valence-corrected chi connectivity index (χ0v) is 10.9. The number of nitrogens with zero attached hydrogens (tertiary/aromatic N) is 1. The highest BCUT2D eigenvalue weighted by Gasteiger charge is 2.24. The molecule has 1 saturated carbocycles. The summed E-state index contributed by atoms with van der Waals surface area (Å²) in [5, 5.41) is 2.96. The van der Waals surface area contributed by atoms with E-state index in [1.165, 1.54) is 4.88 Å². The van der Waals surface area contributed by atoms with E-state index in [2.05, 4.69) is 21.2 Å². The molecule has 1 fully saturated rings. The lowest BCUT2D eigenvalue weighted by atomic mass is 10.4. The summed E-state index contributed by atoms with van der Waals surface area (Å²) in [4.78, 5) is 14.5. The second kappa shape index (κ2) is 4.53. The lowest BCUT2D eigenvalue weighted by molar-refractivity contribution is 0.207. The van der Waals surface area contributed by atoms with Crippen LogP contribution in [0.5, 0.6) is 0 Å². The van der Waals surface area contributed by atoms with Crippen LogP contribution in [-0.2, 0) is 6.54 Å². The van der Waals surface area contributed by atoms with Gasteiger partial charge >= 0.3 is 6.03 Å². The van der Waals surface area contributed by atoms with Crippen molar-refractivity contribution >= 4 is 33.3 Å². The minimum absolute atomic E-state index is 0.0297. The maximum atomic E-state index is 11.6. The van der Waals surface area contributed by atoms with Gasteiger partial charge in [0.15, 0.2) is 0 Å². The van der Waals surface area contributed by atoms with Gasteiger partial charge < -0.3 is 10.2 Å². The molecule has 0 aromatic carbocycles. The molecular formula is C10H13BrN2OS. The van der Waals surface area contributed by atoms with Gasteiger partial charge in [0.05, 0.1) is 10.3 Å². The Hall–Kier alpha value is -0.550. The molecule has 1 heterocycles. The van der Waals surface area contributed by atoms with E-state index in [9.17, 15) is 4.79 Å². The average molecular weight is 289 g/mol. The first kappa shape index (κ1) is 11.0. The number of rotatable bonds is 3. The van der Waals surface area contributed by atoms with Gasteiger partial charge in [-0.1, -0.05) is 0 Å². The summed E-state index contributed by atoms with van der Waals surface area (Å²) in [5.41, 5.74) is 0. The molecular weight excluding hydrogens is 276 g/mol. The predicted molar refractivity (Wildman–Crippen MR) is 65.0 cm³/mol. The fourth-order valence-corrected chi connectivity index (χ4v) is 2.79. The van der Waals surface area contributed by atoms with Gasteiger partial charge in [0, 0.05) is 18.0 Å². The Labute approximate surface area is 102 Å². The first-order valence-corrected chi connectivity index (χ1v) is 6.52. The Morgan fingerprint density at radius 1 is 1.67 bits per heavy atom. The summed E-state index contributed by atoms with van der Waals surface area (Å²) in [7, 11) is 1.82. The molecule has 1 N–H and O–H groups in total. The van der Waals surface area contributed by atoms with Crippen molar-refractivity contribution in [3.63, 3.8) is 0 Å². The molecule has 2 amide bonds. The largest absolute Gasteiger partial charge is 0.335 e. The van der Waals surface area contributed by atoms with Gasteiger partial charge in [-0.3, -0.25) is 0 Å². The number of carbonyl (C=O) groups is 1. The van der Waals surface area contributed by atoms with Gasteiger partial charge in [0.1, 0.15) is 0 Å². The highest BCUT2D eigenvalue weighted by Crippen LogP contribution is 2.23. The van der Waals surface area contributed by atoms with Crippen molar-refractivity contribution in [3.05, 3.63) is 20.8 Å². The molecule has 0 radical (unpaired) electrons. The number of amides is 2. The quantitative estimate of drug-likeness (QED) is 0.911. The van der Waals surface area contributed by atoms with Gasteiger partial charge in [0.2, 0.25) is 0 Å². The zero-order valence-electron chi connectivity index (χ0n) is 8.50. The van der Waals surface area contributed by atoms with Gasteiger partial charge in [-0.15, -0.1) is 11.3 Å². The first-order valence-electron chi connectivity index (χ1n) is 4.91. The second-order valence-corrected chi connectivity index (χ2v) is 6.33. The summed E-state index contributed by atoms with van der Waals surface area (Å²) in [6.07, 6.45) is 2.26. The molecule has 0 atom stereocenters. The van der Waals surface area contributed by atoms with Crippen LogP contribution in [0.15, 0.2) is 15.9 Å². The number of carbonyl (C=O) groups excluding carboxylic acids is 1. The molecule has 82 valence electrons. The Morgan fingerprint density at radius 3 is 2.93 bits per heavy atom. The molecule has 2 rings (SSSR count). The predicted octanol–water partition coefficient (Wildman–Crippen LogP) is 2.81. The Kier molecular flexibility index (Phi) is 3.31. The standard InChI is InChI=1S/C10H13BrN2OS/c1-13(10(14)12-7-2-3-7)6-8-4-5-9(11)15-8/h4-5,7H,2-3,6H2,1H3,(H,12,14). The van der Waals surface area contributed by atoms with Gasteiger partial charge in [0.25, 0.3) is 0 Å². The normalized spacial score (nSPS) is 15.1. The van der Waals surface area contributed by atoms with E-state index in [1.807, 2.05) is 19.2 Å². The van der Waals surface area contributed by atoms with Crippen molar-refractivity contribution < 1.29 is 4.79 Å². The minimum Gasteiger partial charge on any atom is -0.335 e. The number of hydrogen-bond acceptors (Lipinski definition) is 2. The van der Waals surface area contributed by atoms with Crippen LogP contribution < -0.4 is 5.32 Å². The highest BCUT2D eigenvalue weighted by molar-refractivity contribution is 9.11. The Bertz CT molecular complexity index is 362. The Morgan fingerprint density at radius 2 is 2.40 bits per heavy atom. The van der Waals surface area contributed by atoms with Crippen LogP contribution in [0.25, 0.3) is 0 Å². The molecule has 1 aromatic rings. The van der Waals surface area contributed by atoms with Crippen LogP contribution in [-0.4, -0.2) is 24.0 Å². The lowest BCUT2D eigenvalue weighted by Crippen LogP contribution is -2.37. The van der Waals surface area contributed by atoms with Gasteiger partial charge in [-0.25, -0.2) is 4.79 Å². The van der Waals surface area contributed by atoms with Crippen molar-refractivity contribution in [2.24, 2.45) is 0 Å². The van der Waals surface area contributed by atoms with Crippen molar-refractivity contribution in [2.45, 2.75) is 25.4 Å². The molecule has 0 spiro atoms. The molecule has 0 bridgehead atoms. The van der Waals surface area contributed by atoms with Crippen LogP contribution in [0.2, 0.25) is 0 Å². The molecule has 15 heavy (non-hydrogen) atoms. The molecule has 0 unspecified atom stereocenters. The second-order valence-electron chi connectivity index (χ2n) is 3.79. The van der Waals surface area contributed by atoms with Crippen LogP contribution in [0, 0.1) is 0 Å². The Balaban J connectivity index is 1.84. The fourth-order valence-electron chi connectivity index (χ4n) is 1.25. The third-order valence-corrected chi connectivity index (χ3v) is 3.88. The van der Waals surface area contributed by atoms with E-state index in [0.29, 0.717) is 12.6 Å². The van der Waals surface area contributed by atoms with E-state index in [-0.39, 0.29) is 6.03 Å². The van der Waals surface area contributed by atoms with Crippen LogP contribution in [0.1, 0.15) is 17.7 Å². The first-order chi connectivity index (χ1) is 7.15. The van der Waals surface area contributed by atoms with Gasteiger partial charge in [-0.2, -0.15) is 0 Å². The number of nitrogens with one attached hydrogen (secondary N) is 1. The van der Waals surface area contributed by atoms with Crippen LogP contribution in [0.3, 0.4) is 0 Å². The smallest absolute Gasteiger partial charge is 0.317 e. The minimum atomic E-state index is 0.0297.